The summed E-state index contributed by atoms with van der Waals surface area (Å²) in [4.78, 5) is 12.3. The molecule has 5 nitrogen and oxygen atoms in total. The lowest BCUT2D eigenvalue weighted by atomic mass is 9.93. The van der Waals surface area contributed by atoms with Gasteiger partial charge in [0.15, 0.2) is 6.10 Å². The van der Waals surface area contributed by atoms with Gasteiger partial charge in [-0.25, -0.2) is 0 Å². The number of fused-ring (bicyclic) bond motifs is 1. The molecule has 0 saturated heterocycles. The van der Waals surface area contributed by atoms with E-state index in [-0.39, 0.29) is 17.1 Å². The van der Waals surface area contributed by atoms with Gasteiger partial charge in [0.05, 0.1) is 12.7 Å². The number of Topliss-reactive ketones (excluding diaryl/α,β-unsaturated/α-hetero) is 1. The number of phenols is 1. The van der Waals surface area contributed by atoms with Crippen LogP contribution >= 0.6 is 0 Å². The minimum atomic E-state index is -1.43. The number of aliphatic hydroxyl groups is 1. The normalized spacial score (nSPS) is 20.6. The average molecular weight is 286 g/mol. The van der Waals surface area contributed by atoms with Gasteiger partial charge >= 0.3 is 0 Å². The van der Waals surface area contributed by atoms with Gasteiger partial charge in [0, 0.05) is 12.1 Å². The van der Waals surface area contributed by atoms with Gasteiger partial charge < -0.3 is 19.7 Å². The van der Waals surface area contributed by atoms with Crippen LogP contribution in [0.15, 0.2) is 42.5 Å². The molecule has 0 spiro atoms. The number of aromatic hydroxyl groups is 1. The number of methoxy groups -OCH3 is 1. The summed E-state index contributed by atoms with van der Waals surface area (Å²) in [6, 6.07) is 11.8. The summed E-state index contributed by atoms with van der Waals surface area (Å²) in [7, 11) is 1.46. The molecule has 21 heavy (non-hydrogen) atoms. The van der Waals surface area contributed by atoms with E-state index in [1.165, 1.54) is 13.2 Å². The van der Waals surface area contributed by atoms with Crippen LogP contribution in [0.4, 0.5) is 0 Å². The highest BCUT2D eigenvalue weighted by atomic mass is 16.5. The molecule has 2 N–H and O–H groups in total. The molecule has 1 heterocycles. The van der Waals surface area contributed by atoms with Crippen molar-refractivity contribution >= 4 is 5.78 Å². The van der Waals surface area contributed by atoms with Crippen molar-refractivity contribution < 1.29 is 24.5 Å². The highest BCUT2D eigenvalue weighted by Gasteiger charge is 2.38. The molecular formula is C16H14O5. The van der Waals surface area contributed by atoms with Crippen molar-refractivity contribution in [3.8, 4) is 17.2 Å². The second-order valence-electron chi connectivity index (χ2n) is 4.77. The van der Waals surface area contributed by atoms with Crippen LogP contribution in [0, 0.1) is 0 Å². The fourth-order valence-corrected chi connectivity index (χ4v) is 2.41. The van der Waals surface area contributed by atoms with Crippen molar-refractivity contribution in [1.29, 1.82) is 0 Å². The van der Waals surface area contributed by atoms with Crippen molar-refractivity contribution in [2.75, 3.05) is 7.11 Å². The van der Waals surface area contributed by atoms with E-state index in [9.17, 15) is 15.0 Å². The van der Waals surface area contributed by atoms with Crippen molar-refractivity contribution in [3.63, 3.8) is 0 Å². The van der Waals surface area contributed by atoms with Gasteiger partial charge in [-0.05, 0) is 5.56 Å². The van der Waals surface area contributed by atoms with E-state index in [1.54, 1.807) is 30.3 Å². The van der Waals surface area contributed by atoms with Crippen molar-refractivity contribution in [1.82, 2.24) is 0 Å². The third-order valence-corrected chi connectivity index (χ3v) is 3.48. The van der Waals surface area contributed by atoms with Gasteiger partial charge in [-0.1, -0.05) is 30.3 Å². The summed E-state index contributed by atoms with van der Waals surface area (Å²) in [6.45, 7) is 0. The number of carbonyl (C=O) groups excluding carboxylic acids is 1. The molecule has 0 unspecified atom stereocenters. The molecule has 0 amide bonds. The molecule has 0 saturated carbocycles. The maximum atomic E-state index is 12.3. The fraction of sp³-hybridized carbons (Fsp3) is 0.188. The van der Waals surface area contributed by atoms with Gasteiger partial charge in [-0.2, -0.15) is 0 Å². The van der Waals surface area contributed by atoms with E-state index in [1.807, 2.05) is 6.07 Å². The van der Waals surface area contributed by atoms with E-state index in [4.69, 9.17) is 9.47 Å². The third kappa shape index (κ3) is 2.21. The molecule has 108 valence electrons. The Morgan fingerprint density at radius 3 is 2.57 bits per heavy atom. The monoisotopic (exact) mass is 286 g/mol. The number of ether oxygens (including phenoxy) is 2. The second kappa shape index (κ2) is 5.10. The largest absolute Gasteiger partial charge is 0.507 e. The number of benzene rings is 2. The number of aliphatic hydroxyl groups excluding tert-OH is 1. The number of carbonyl (C=O) groups is 1. The van der Waals surface area contributed by atoms with Crippen LogP contribution in [0.1, 0.15) is 23.3 Å². The first-order valence-electron chi connectivity index (χ1n) is 6.46. The van der Waals surface area contributed by atoms with Crippen molar-refractivity contribution in [2.24, 2.45) is 0 Å². The molecule has 0 aliphatic carbocycles. The van der Waals surface area contributed by atoms with Crippen LogP contribution < -0.4 is 9.47 Å². The fourth-order valence-electron chi connectivity index (χ4n) is 2.41. The summed E-state index contributed by atoms with van der Waals surface area (Å²) >= 11 is 0. The molecule has 2 aromatic carbocycles. The Morgan fingerprint density at radius 1 is 1.19 bits per heavy atom. The lowest BCUT2D eigenvalue weighted by Gasteiger charge is -2.29. The summed E-state index contributed by atoms with van der Waals surface area (Å²) in [5, 5.41) is 20.1. The predicted octanol–water partition coefficient (Wildman–Crippen LogP) is 2.14. The van der Waals surface area contributed by atoms with Gasteiger partial charge in [0.25, 0.3) is 0 Å². The SMILES string of the molecule is COc1cc(O)c2c(c1)O[C@@H](c1ccccc1)C(=O)[C@@H]2O. The van der Waals surface area contributed by atoms with Gasteiger partial charge in [-0.3, -0.25) is 4.79 Å². The molecule has 5 heteroatoms. The van der Waals surface area contributed by atoms with Crippen LogP contribution in [-0.4, -0.2) is 23.1 Å². The van der Waals surface area contributed by atoms with Gasteiger partial charge in [0.1, 0.15) is 23.4 Å². The third-order valence-electron chi connectivity index (χ3n) is 3.48. The lowest BCUT2D eigenvalue weighted by Crippen LogP contribution is -2.30. The number of rotatable bonds is 2. The summed E-state index contributed by atoms with van der Waals surface area (Å²) in [5.41, 5.74) is 0.725. The summed E-state index contributed by atoms with van der Waals surface area (Å²) < 4.78 is 10.7. The molecule has 3 rings (SSSR count). The van der Waals surface area contributed by atoms with E-state index in [2.05, 4.69) is 0 Å². The number of phenolic OH excluding ortho intramolecular Hbond substituents is 1. The standard InChI is InChI=1S/C16H14O5/c1-20-10-7-11(17)13-12(8-10)21-16(15(19)14(13)18)9-5-3-2-4-6-9/h2-8,14,16-18H,1H3/t14-,16+/m1/s1. The molecule has 0 aromatic heterocycles. The second-order valence-corrected chi connectivity index (χ2v) is 4.77. The first-order chi connectivity index (χ1) is 10.1. The molecule has 1 aliphatic heterocycles. The van der Waals surface area contributed by atoms with Crippen LogP contribution in [-0.2, 0) is 4.79 Å². The average Bonchev–Trinajstić information content (AvgIpc) is 2.51. The Kier molecular flexibility index (Phi) is 3.27. The van der Waals surface area contributed by atoms with E-state index < -0.39 is 18.0 Å². The lowest BCUT2D eigenvalue weighted by molar-refractivity contribution is -0.137. The Balaban J connectivity index is 2.08. The van der Waals surface area contributed by atoms with Crippen molar-refractivity contribution in [3.05, 3.63) is 53.6 Å². The van der Waals surface area contributed by atoms with Gasteiger partial charge in [0.2, 0.25) is 5.78 Å². The smallest absolute Gasteiger partial charge is 0.211 e. The van der Waals surface area contributed by atoms with Gasteiger partial charge in [-0.15, -0.1) is 0 Å². The van der Waals surface area contributed by atoms with E-state index >= 15 is 0 Å². The molecule has 2 atom stereocenters. The van der Waals surface area contributed by atoms with Crippen LogP contribution in [0.5, 0.6) is 17.2 Å². The number of hydrogen-bond donors (Lipinski definition) is 2. The Morgan fingerprint density at radius 2 is 1.90 bits per heavy atom. The topological polar surface area (TPSA) is 76.0 Å². The zero-order valence-electron chi connectivity index (χ0n) is 11.3. The highest BCUT2D eigenvalue weighted by Crippen LogP contribution is 2.45. The quantitative estimate of drug-likeness (QED) is 0.884. The summed E-state index contributed by atoms with van der Waals surface area (Å²) in [6.07, 6.45) is -2.33. The maximum Gasteiger partial charge on any atom is 0.211 e. The zero-order valence-corrected chi connectivity index (χ0v) is 11.3. The Hall–Kier alpha value is -2.53. The number of ketones is 1. The highest BCUT2D eigenvalue weighted by molar-refractivity contribution is 5.92. The molecule has 0 fully saturated rings. The minimum absolute atomic E-state index is 0.0768. The predicted molar refractivity (Wildman–Crippen MR) is 74.4 cm³/mol. The first kappa shape index (κ1) is 13.5. The van der Waals surface area contributed by atoms with Crippen molar-refractivity contribution in [2.45, 2.75) is 12.2 Å². The Bertz CT molecular complexity index is 681. The Labute approximate surface area is 121 Å². The molecule has 1 aliphatic rings. The molecule has 2 aromatic rings. The zero-order chi connectivity index (χ0) is 15.0. The first-order valence-corrected chi connectivity index (χ1v) is 6.46. The minimum Gasteiger partial charge on any atom is -0.507 e. The van der Waals surface area contributed by atoms with E-state index in [0.29, 0.717) is 11.3 Å². The maximum absolute atomic E-state index is 12.3. The van der Waals surface area contributed by atoms with Crippen LogP contribution in [0.2, 0.25) is 0 Å². The van der Waals surface area contributed by atoms with Crippen LogP contribution in [0.3, 0.4) is 0 Å². The van der Waals surface area contributed by atoms with E-state index in [0.717, 1.165) is 0 Å². The van der Waals surface area contributed by atoms with Crippen LogP contribution in [0.25, 0.3) is 0 Å². The molecule has 0 radical (unpaired) electrons. The summed E-state index contributed by atoms with van der Waals surface area (Å²) in [5.74, 6) is -0.0988. The molecular weight excluding hydrogens is 272 g/mol. The molecule has 0 bridgehead atoms. The number of hydrogen-bond acceptors (Lipinski definition) is 5.